The van der Waals surface area contributed by atoms with Crippen molar-refractivity contribution in [3.8, 4) is 0 Å². The maximum Gasteiger partial charge on any atom is 0.277 e. The summed E-state index contributed by atoms with van der Waals surface area (Å²) in [7, 11) is -3.42. The Morgan fingerprint density at radius 2 is 1.70 bits per heavy atom. The summed E-state index contributed by atoms with van der Waals surface area (Å²) < 4.78 is 30.0. The van der Waals surface area contributed by atoms with Crippen LogP contribution in [0, 0.1) is 0 Å². The predicted octanol–water partition coefficient (Wildman–Crippen LogP) is 2.64. The Kier molecular flexibility index (Phi) is 7.98. The minimum absolute atomic E-state index is 0.302. The summed E-state index contributed by atoms with van der Waals surface area (Å²) in [6, 6.07) is 7.59. The van der Waals surface area contributed by atoms with E-state index in [-0.39, 0.29) is 0 Å². The zero-order chi connectivity index (χ0) is 16.5. The highest BCUT2D eigenvalue weighted by molar-refractivity contribution is 9.10. The van der Waals surface area contributed by atoms with Crippen molar-refractivity contribution in [1.82, 2.24) is 14.3 Å². The number of hydrogen-bond acceptors (Lipinski definition) is 3. The molecule has 23 heavy (non-hydrogen) atoms. The largest absolute Gasteiger partial charge is 0.303 e. The van der Waals surface area contributed by atoms with Crippen molar-refractivity contribution in [3.63, 3.8) is 0 Å². The molecule has 2 rings (SSSR count). The molecule has 0 aromatic heterocycles. The lowest BCUT2D eigenvalue weighted by Crippen LogP contribution is -2.37. The highest BCUT2D eigenvalue weighted by Gasteiger charge is 2.10. The zero-order valence-corrected chi connectivity index (χ0v) is 15.8. The Labute approximate surface area is 148 Å². The van der Waals surface area contributed by atoms with Crippen molar-refractivity contribution < 1.29 is 8.42 Å². The van der Waals surface area contributed by atoms with Crippen molar-refractivity contribution >= 4 is 26.1 Å². The Bertz CT molecular complexity index is 557. The molecule has 1 aliphatic heterocycles. The lowest BCUT2D eigenvalue weighted by atomic mass is 10.1. The first-order valence-electron chi connectivity index (χ1n) is 8.26. The number of rotatable bonds is 9. The number of nitrogens with one attached hydrogen (secondary N) is 2. The van der Waals surface area contributed by atoms with Gasteiger partial charge in [0, 0.05) is 17.6 Å². The molecule has 1 aliphatic rings. The maximum absolute atomic E-state index is 11.9. The van der Waals surface area contributed by atoms with Gasteiger partial charge in [-0.25, -0.2) is 4.72 Å². The van der Waals surface area contributed by atoms with E-state index in [0.717, 1.165) is 29.4 Å². The van der Waals surface area contributed by atoms with E-state index in [2.05, 4.69) is 30.3 Å². The molecule has 0 bridgehead atoms. The van der Waals surface area contributed by atoms with Crippen LogP contribution in [0.15, 0.2) is 28.7 Å². The van der Waals surface area contributed by atoms with Crippen LogP contribution in [0.5, 0.6) is 0 Å². The molecule has 0 aliphatic carbocycles. The van der Waals surface area contributed by atoms with Gasteiger partial charge in [-0.05, 0) is 63.0 Å². The van der Waals surface area contributed by atoms with E-state index in [1.807, 2.05) is 24.3 Å². The number of halogens is 1. The smallest absolute Gasteiger partial charge is 0.277 e. The van der Waals surface area contributed by atoms with Gasteiger partial charge in [-0.15, -0.1) is 0 Å². The number of likely N-dealkylation sites (tertiary alicyclic amines) is 1. The van der Waals surface area contributed by atoms with Crippen molar-refractivity contribution in [3.05, 3.63) is 34.3 Å². The Balaban J connectivity index is 1.59. The van der Waals surface area contributed by atoms with Gasteiger partial charge in [-0.3, -0.25) is 0 Å². The topological polar surface area (TPSA) is 61.4 Å². The summed E-state index contributed by atoms with van der Waals surface area (Å²) in [5, 5.41) is 0. The average Bonchev–Trinajstić information content (AvgIpc) is 2.55. The van der Waals surface area contributed by atoms with Crippen molar-refractivity contribution in [2.24, 2.45) is 0 Å². The fourth-order valence-electron chi connectivity index (χ4n) is 2.68. The molecule has 1 aromatic carbocycles. The second-order valence-corrected chi connectivity index (χ2v) is 8.45. The van der Waals surface area contributed by atoms with Crippen LogP contribution >= 0.6 is 15.9 Å². The predicted molar refractivity (Wildman–Crippen MR) is 97.4 cm³/mol. The van der Waals surface area contributed by atoms with Gasteiger partial charge in [0.25, 0.3) is 10.2 Å². The second-order valence-electron chi connectivity index (χ2n) is 5.95. The first kappa shape index (κ1) is 18.9. The van der Waals surface area contributed by atoms with Gasteiger partial charge in [0.1, 0.15) is 0 Å². The highest BCUT2D eigenvalue weighted by Crippen LogP contribution is 2.10. The Morgan fingerprint density at radius 3 is 2.39 bits per heavy atom. The van der Waals surface area contributed by atoms with Crippen LogP contribution in [0.25, 0.3) is 0 Å². The highest BCUT2D eigenvalue weighted by atomic mass is 79.9. The molecule has 7 heteroatoms. The molecule has 130 valence electrons. The molecular weight excluding hydrogens is 378 g/mol. The fraction of sp³-hybridized carbons (Fsp3) is 0.625. The molecule has 5 nitrogen and oxygen atoms in total. The number of benzene rings is 1. The van der Waals surface area contributed by atoms with Crippen LogP contribution in [0.1, 0.15) is 37.7 Å². The molecule has 0 atom stereocenters. The third-order valence-electron chi connectivity index (χ3n) is 4.02. The molecule has 0 amide bonds. The molecule has 0 unspecified atom stereocenters. The van der Waals surface area contributed by atoms with E-state index in [4.69, 9.17) is 0 Å². The second kappa shape index (κ2) is 9.74. The molecule has 1 heterocycles. The van der Waals surface area contributed by atoms with E-state index in [1.54, 1.807) is 0 Å². The van der Waals surface area contributed by atoms with E-state index < -0.39 is 10.2 Å². The number of nitrogens with zero attached hydrogens (tertiary/aromatic N) is 1. The summed E-state index contributed by atoms with van der Waals surface area (Å²) in [4.78, 5) is 2.48. The number of unbranched alkanes of at least 4 members (excludes halogenated alkanes) is 1. The third-order valence-corrected chi connectivity index (χ3v) is 5.66. The summed E-state index contributed by atoms with van der Waals surface area (Å²) in [6.07, 6.45) is 5.85. The lowest BCUT2D eigenvalue weighted by molar-refractivity contribution is 0.225. The van der Waals surface area contributed by atoms with Crippen LogP contribution in [0.3, 0.4) is 0 Å². The number of hydrogen-bond donors (Lipinski definition) is 2. The molecule has 0 radical (unpaired) electrons. The molecule has 1 fully saturated rings. The van der Waals surface area contributed by atoms with Gasteiger partial charge in [-0.2, -0.15) is 13.1 Å². The minimum Gasteiger partial charge on any atom is -0.303 e. The van der Waals surface area contributed by atoms with E-state index >= 15 is 0 Å². The summed E-state index contributed by atoms with van der Waals surface area (Å²) in [5.74, 6) is 0. The van der Waals surface area contributed by atoms with Crippen LogP contribution < -0.4 is 9.44 Å². The lowest BCUT2D eigenvalue weighted by Gasteiger charge is -2.26. The van der Waals surface area contributed by atoms with Crippen LogP contribution in [-0.2, 0) is 16.8 Å². The van der Waals surface area contributed by atoms with Crippen molar-refractivity contribution in [2.45, 2.75) is 38.6 Å². The minimum atomic E-state index is -3.42. The van der Waals surface area contributed by atoms with Crippen LogP contribution in [0.4, 0.5) is 0 Å². The molecule has 1 aromatic rings. The molecule has 1 saturated heterocycles. The SMILES string of the molecule is O=S(=O)(NCCCCN1CCCCC1)NCc1ccc(Br)cc1. The molecular formula is C16H26BrN3O2S. The summed E-state index contributed by atoms with van der Waals surface area (Å²) in [6.45, 7) is 4.26. The monoisotopic (exact) mass is 403 g/mol. The average molecular weight is 404 g/mol. The molecule has 0 saturated carbocycles. The van der Waals surface area contributed by atoms with Crippen molar-refractivity contribution in [2.75, 3.05) is 26.2 Å². The van der Waals surface area contributed by atoms with Gasteiger partial charge in [-0.1, -0.05) is 34.5 Å². The van der Waals surface area contributed by atoms with Crippen LogP contribution in [0.2, 0.25) is 0 Å². The van der Waals surface area contributed by atoms with Gasteiger partial charge in [0.05, 0.1) is 0 Å². The summed E-state index contributed by atoms with van der Waals surface area (Å²) >= 11 is 3.36. The zero-order valence-electron chi connectivity index (χ0n) is 13.4. The Morgan fingerprint density at radius 1 is 1.00 bits per heavy atom. The van der Waals surface area contributed by atoms with E-state index in [1.165, 1.54) is 32.4 Å². The van der Waals surface area contributed by atoms with E-state index in [9.17, 15) is 8.42 Å². The van der Waals surface area contributed by atoms with Crippen LogP contribution in [-0.4, -0.2) is 39.5 Å². The Hall–Kier alpha value is -0.470. The molecule has 2 N–H and O–H groups in total. The maximum atomic E-state index is 11.9. The first-order chi connectivity index (χ1) is 11.1. The van der Waals surface area contributed by atoms with Crippen molar-refractivity contribution in [1.29, 1.82) is 0 Å². The third kappa shape index (κ3) is 7.76. The molecule has 0 spiro atoms. The first-order valence-corrected chi connectivity index (χ1v) is 10.5. The normalized spacial score (nSPS) is 16.6. The number of piperidine rings is 1. The summed E-state index contributed by atoms with van der Waals surface area (Å²) in [5.41, 5.74) is 0.934. The quantitative estimate of drug-likeness (QED) is 0.622. The van der Waals surface area contributed by atoms with E-state index in [0.29, 0.717) is 13.1 Å². The fourth-order valence-corrected chi connectivity index (χ4v) is 3.82. The van der Waals surface area contributed by atoms with Gasteiger partial charge in [0.15, 0.2) is 0 Å². The van der Waals surface area contributed by atoms with Gasteiger partial charge >= 0.3 is 0 Å². The van der Waals surface area contributed by atoms with Gasteiger partial charge in [0.2, 0.25) is 0 Å². The standard InChI is InChI=1S/C16H26BrN3O2S/c17-16-8-6-15(7-9-16)14-19-23(21,22)18-10-2-5-13-20-11-3-1-4-12-20/h6-9,18-19H,1-5,10-14H2. The van der Waals surface area contributed by atoms with Gasteiger partial charge < -0.3 is 4.90 Å².